The Kier molecular flexibility index (Phi) is 7.62. The van der Waals surface area contributed by atoms with Crippen LogP contribution in [-0.2, 0) is 9.47 Å². The molecule has 1 aromatic rings. The van der Waals surface area contributed by atoms with Gasteiger partial charge in [-0.3, -0.25) is 0 Å². The highest BCUT2D eigenvalue weighted by Crippen LogP contribution is 2.74. The summed E-state index contributed by atoms with van der Waals surface area (Å²) in [6.07, 6.45) is 6.83. The van der Waals surface area contributed by atoms with Gasteiger partial charge in [-0.15, -0.1) is 0 Å². The predicted molar refractivity (Wildman–Crippen MR) is 171 cm³/mol. The Balaban J connectivity index is 1.16. The number of fused-ring (bicyclic) bond motifs is 7. The summed E-state index contributed by atoms with van der Waals surface area (Å²) >= 11 is 0. The van der Waals surface area contributed by atoms with Crippen molar-refractivity contribution in [2.75, 3.05) is 13.2 Å². The van der Waals surface area contributed by atoms with Crippen LogP contribution in [0.1, 0.15) is 91.2 Å². The SMILES string of the molecule is CC(O)(CO)[C@H]1C[C@H](O)[C@@H]([C@@H]2CC=C3[C@]4(C)[C@H](O)C[C@@H]5[C@](C)(CC=C6C[C@@H](c7ccccc7)OC[C@@]65C)[C@H]4CC[C@]32C)[C@@H](O)O1. The molecule has 7 heteroatoms. The van der Waals surface area contributed by atoms with Crippen molar-refractivity contribution in [1.82, 2.24) is 0 Å². The minimum absolute atomic E-state index is 0.00546. The highest BCUT2D eigenvalue weighted by Gasteiger charge is 2.69. The van der Waals surface area contributed by atoms with Crippen LogP contribution >= 0.6 is 0 Å². The van der Waals surface area contributed by atoms with Crippen LogP contribution in [0, 0.1) is 45.3 Å². The van der Waals surface area contributed by atoms with Gasteiger partial charge >= 0.3 is 0 Å². The number of hydrogen-bond acceptors (Lipinski definition) is 7. The molecule has 2 saturated carbocycles. The molecule has 248 valence electrons. The monoisotopic (exact) mass is 622 g/mol. The van der Waals surface area contributed by atoms with Gasteiger partial charge in [-0.1, -0.05) is 81.3 Å². The van der Waals surface area contributed by atoms with Gasteiger partial charge in [-0.05, 0) is 79.6 Å². The van der Waals surface area contributed by atoms with Crippen LogP contribution in [0.25, 0.3) is 0 Å². The zero-order valence-electron chi connectivity index (χ0n) is 27.7. The smallest absolute Gasteiger partial charge is 0.160 e. The number of allylic oxidation sites excluding steroid dienone is 2. The van der Waals surface area contributed by atoms with Gasteiger partial charge in [-0.25, -0.2) is 0 Å². The summed E-state index contributed by atoms with van der Waals surface area (Å²) in [4.78, 5) is 0. The third-order valence-corrected chi connectivity index (χ3v) is 14.5. The third-order valence-electron chi connectivity index (χ3n) is 14.5. The quantitative estimate of drug-likeness (QED) is 0.298. The predicted octanol–water partition coefficient (Wildman–Crippen LogP) is 5.07. The van der Waals surface area contributed by atoms with Crippen molar-refractivity contribution in [3.63, 3.8) is 0 Å². The minimum Gasteiger partial charge on any atom is -0.393 e. The van der Waals surface area contributed by atoms with Crippen LogP contribution in [0.15, 0.2) is 53.6 Å². The first kappa shape index (κ1) is 32.0. The molecule has 45 heavy (non-hydrogen) atoms. The number of rotatable bonds is 4. The van der Waals surface area contributed by atoms with E-state index in [4.69, 9.17) is 9.47 Å². The van der Waals surface area contributed by atoms with Gasteiger partial charge in [0.25, 0.3) is 0 Å². The number of aliphatic hydroxyl groups excluding tert-OH is 4. The van der Waals surface area contributed by atoms with Crippen molar-refractivity contribution < 1.29 is 35.0 Å². The molecule has 2 saturated heterocycles. The summed E-state index contributed by atoms with van der Waals surface area (Å²) in [5, 5.41) is 55.2. The van der Waals surface area contributed by atoms with Crippen LogP contribution in [0.4, 0.5) is 0 Å². The molecule has 0 spiro atoms. The van der Waals surface area contributed by atoms with Crippen molar-refractivity contribution in [3.8, 4) is 0 Å². The summed E-state index contributed by atoms with van der Waals surface area (Å²) in [6.45, 7) is 11.0. The van der Waals surface area contributed by atoms with Gasteiger partial charge in [0.15, 0.2) is 6.29 Å². The molecule has 1 unspecified atom stereocenters. The van der Waals surface area contributed by atoms with E-state index in [1.807, 2.05) is 6.07 Å². The van der Waals surface area contributed by atoms with E-state index in [9.17, 15) is 25.5 Å². The number of ether oxygens (including phenoxy) is 2. The topological polar surface area (TPSA) is 120 Å². The van der Waals surface area contributed by atoms with E-state index in [-0.39, 0.29) is 34.7 Å². The summed E-state index contributed by atoms with van der Waals surface area (Å²) in [5.41, 5.74) is 1.64. The fourth-order valence-electron chi connectivity index (χ4n) is 11.9. The zero-order chi connectivity index (χ0) is 32.2. The molecule has 5 N–H and O–H groups in total. The van der Waals surface area contributed by atoms with Crippen molar-refractivity contribution >= 4 is 0 Å². The van der Waals surface area contributed by atoms with Gasteiger partial charge in [0, 0.05) is 23.2 Å². The average molecular weight is 623 g/mol. The van der Waals surface area contributed by atoms with Crippen molar-refractivity contribution in [2.24, 2.45) is 45.3 Å². The van der Waals surface area contributed by atoms with E-state index in [1.54, 1.807) is 0 Å². The maximum Gasteiger partial charge on any atom is 0.160 e. The van der Waals surface area contributed by atoms with E-state index in [1.165, 1.54) is 23.6 Å². The Morgan fingerprint density at radius 3 is 2.38 bits per heavy atom. The average Bonchev–Trinajstić information content (AvgIpc) is 3.36. The number of hydrogen-bond donors (Lipinski definition) is 5. The molecular formula is C38H54O7. The van der Waals surface area contributed by atoms with Crippen molar-refractivity contribution in [1.29, 1.82) is 0 Å². The Morgan fingerprint density at radius 2 is 1.69 bits per heavy atom. The molecule has 0 amide bonds. The van der Waals surface area contributed by atoms with Crippen LogP contribution in [0.3, 0.4) is 0 Å². The lowest BCUT2D eigenvalue weighted by Crippen LogP contribution is -2.65. The highest BCUT2D eigenvalue weighted by atomic mass is 16.6. The van der Waals surface area contributed by atoms with Gasteiger partial charge in [0.2, 0.25) is 0 Å². The Bertz CT molecular complexity index is 1340. The highest BCUT2D eigenvalue weighted by molar-refractivity contribution is 5.39. The third kappa shape index (κ3) is 4.48. The molecule has 4 fully saturated rings. The van der Waals surface area contributed by atoms with Crippen LogP contribution in [0.2, 0.25) is 0 Å². The molecule has 0 aromatic heterocycles. The number of aliphatic hydroxyl groups is 5. The van der Waals surface area contributed by atoms with E-state index < -0.39 is 48.1 Å². The van der Waals surface area contributed by atoms with Gasteiger partial charge < -0.3 is 35.0 Å². The molecular weight excluding hydrogens is 568 g/mol. The minimum atomic E-state index is -1.55. The summed E-state index contributed by atoms with van der Waals surface area (Å²) in [6, 6.07) is 10.5. The number of benzene rings is 1. The van der Waals surface area contributed by atoms with Gasteiger partial charge in [-0.2, -0.15) is 0 Å². The Hall–Kier alpha value is -1.58. The Labute approximate surface area is 268 Å². The van der Waals surface area contributed by atoms with Gasteiger partial charge in [0.05, 0.1) is 37.6 Å². The lowest BCUT2D eigenvalue weighted by atomic mass is 9.37. The first-order valence-corrected chi connectivity index (χ1v) is 17.3. The fourth-order valence-corrected chi connectivity index (χ4v) is 11.9. The van der Waals surface area contributed by atoms with Crippen LogP contribution in [0.5, 0.6) is 0 Å². The van der Waals surface area contributed by atoms with Crippen LogP contribution < -0.4 is 0 Å². The van der Waals surface area contributed by atoms with Crippen molar-refractivity contribution in [3.05, 3.63) is 59.2 Å². The second kappa shape index (κ2) is 10.7. The van der Waals surface area contributed by atoms with E-state index in [2.05, 4.69) is 64.1 Å². The first-order chi connectivity index (χ1) is 21.2. The van der Waals surface area contributed by atoms with E-state index in [0.29, 0.717) is 24.9 Å². The maximum absolute atomic E-state index is 12.3. The Morgan fingerprint density at radius 1 is 0.956 bits per heavy atom. The molecule has 6 aliphatic rings. The lowest BCUT2D eigenvalue weighted by Gasteiger charge is -2.68. The molecule has 1 aromatic carbocycles. The fraction of sp³-hybridized carbons (Fsp3) is 0.737. The molecule has 14 atom stereocenters. The van der Waals surface area contributed by atoms with Gasteiger partial charge in [0.1, 0.15) is 5.60 Å². The summed E-state index contributed by atoms with van der Waals surface area (Å²) in [5.74, 6) is 0.0307. The molecule has 0 radical (unpaired) electrons. The standard InChI is InChI=1S/C38H54O7/c1-34-16-14-28-35(2)15-13-23-17-26(22-9-7-6-8-10-22)44-21-36(23,3)29(35)19-30(41)38(28,5)27(34)12-11-24(34)32-25(40)18-31(45-33(32)42)37(4,43)20-39/h6-10,12-13,24-26,28-33,39-43H,11,14-21H2,1-5H3/t24-,25-,26-,28+,29+,30+,31+,32+,33-,34-,35+,36-,37?,38-/m0/s1. The molecule has 4 aliphatic carbocycles. The summed E-state index contributed by atoms with van der Waals surface area (Å²) in [7, 11) is 0. The zero-order valence-corrected chi connectivity index (χ0v) is 27.7. The molecule has 0 bridgehead atoms. The second-order valence-electron chi connectivity index (χ2n) is 16.7. The molecule has 7 nitrogen and oxygen atoms in total. The van der Waals surface area contributed by atoms with Crippen molar-refractivity contribution in [2.45, 2.75) is 116 Å². The first-order valence-electron chi connectivity index (χ1n) is 17.3. The molecule has 2 heterocycles. The van der Waals surface area contributed by atoms with E-state index in [0.717, 1.165) is 32.1 Å². The second-order valence-corrected chi connectivity index (χ2v) is 16.7. The normalized spacial score (nSPS) is 50.7. The van der Waals surface area contributed by atoms with E-state index >= 15 is 0 Å². The molecule has 7 rings (SSSR count). The lowest BCUT2D eigenvalue weighted by molar-refractivity contribution is -0.279. The largest absolute Gasteiger partial charge is 0.393 e. The molecule has 2 aliphatic heterocycles. The maximum atomic E-state index is 12.3. The van der Waals surface area contributed by atoms with Crippen LogP contribution in [-0.4, -0.2) is 68.9 Å². The summed E-state index contributed by atoms with van der Waals surface area (Å²) < 4.78 is 12.5.